The Kier molecular flexibility index (Phi) is 6.82. The van der Waals surface area contributed by atoms with Gasteiger partial charge < -0.3 is 23.9 Å². The van der Waals surface area contributed by atoms with Gasteiger partial charge in [-0.15, -0.1) is 0 Å². The summed E-state index contributed by atoms with van der Waals surface area (Å²) in [5, 5.41) is 2.97. The molecule has 1 N–H and O–H groups in total. The number of ketones is 1. The van der Waals surface area contributed by atoms with Gasteiger partial charge in [-0.3, -0.25) is 14.4 Å². The van der Waals surface area contributed by atoms with Gasteiger partial charge in [-0.1, -0.05) is 12.1 Å². The maximum absolute atomic E-state index is 13.3. The SMILES string of the molecule is COc1ccc(-c2oc3ccccc3c(=O)c2OCC(=O)c2ccc(NC(C)=O)cc2)cc1OC. The Morgan fingerprint density at radius 1 is 0.914 bits per heavy atom. The second kappa shape index (κ2) is 10.1. The Morgan fingerprint density at radius 2 is 1.63 bits per heavy atom. The number of hydrogen-bond acceptors (Lipinski definition) is 7. The van der Waals surface area contributed by atoms with Gasteiger partial charge in [0.05, 0.1) is 19.6 Å². The van der Waals surface area contributed by atoms with E-state index in [1.54, 1.807) is 66.7 Å². The zero-order valence-corrected chi connectivity index (χ0v) is 19.4. The molecule has 35 heavy (non-hydrogen) atoms. The predicted octanol–water partition coefficient (Wildman–Crippen LogP) is 4.70. The van der Waals surface area contributed by atoms with E-state index in [9.17, 15) is 14.4 Å². The van der Waals surface area contributed by atoms with Crippen LogP contribution in [0.3, 0.4) is 0 Å². The van der Waals surface area contributed by atoms with Crippen molar-refractivity contribution in [3.8, 4) is 28.6 Å². The molecule has 0 fully saturated rings. The summed E-state index contributed by atoms with van der Waals surface area (Å²) in [6.07, 6.45) is 0. The molecule has 0 radical (unpaired) electrons. The number of benzene rings is 3. The van der Waals surface area contributed by atoms with Crippen LogP contribution in [0.5, 0.6) is 17.2 Å². The molecule has 1 aromatic heterocycles. The predicted molar refractivity (Wildman–Crippen MR) is 132 cm³/mol. The first-order valence-electron chi connectivity index (χ1n) is 10.7. The largest absolute Gasteiger partial charge is 0.493 e. The molecule has 0 unspecified atom stereocenters. The van der Waals surface area contributed by atoms with E-state index in [1.165, 1.54) is 21.1 Å². The van der Waals surface area contributed by atoms with Gasteiger partial charge >= 0.3 is 0 Å². The van der Waals surface area contributed by atoms with Crippen LogP contribution >= 0.6 is 0 Å². The number of hydrogen-bond donors (Lipinski definition) is 1. The summed E-state index contributed by atoms with van der Waals surface area (Å²) in [6.45, 7) is 1.01. The molecule has 4 rings (SSSR count). The van der Waals surface area contributed by atoms with Crippen LogP contribution in [0, 0.1) is 0 Å². The van der Waals surface area contributed by atoms with E-state index in [2.05, 4.69) is 5.32 Å². The molecular weight excluding hydrogens is 450 g/mol. The summed E-state index contributed by atoms with van der Waals surface area (Å²) in [7, 11) is 3.03. The summed E-state index contributed by atoms with van der Waals surface area (Å²) >= 11 is 0. The average molecular weight is 473 g/mol. The van der Waals surface area contributed by atoms with Crippen molar-refractivity contribution in [1.29, 1.82) is 0 Å². The van der Waals surface area contributed by atoms with Crippen LogP contribution in [0.15, 0.2) is 75.9 Å². The third kappa shape index (κ3) is 5.01. The van der Waals surface area contributed by atoms with Crippen molar-refractivity contribution in [2.75, 3.05) is 26.1 Å². The maximum Gasteiger partial charge on any atom is 0.235 e. The molecule has 0 saturated carbocycles. The minimum absolute atomic E-state index is 0.0841. The van der Waals surface area contributed by atoms with Gasteiger partial charge in [0.1, 0.15) is 5.58 Å². The number of amides is 1. The monoisotopic (exact) mass is 473 g/mol. The smallest absolute Gasteiger partial charge is 0.235 e. The number of para-hydroxylation sites is 1. The second-order valence-corrected chi connectivity index (χ2v) is 7.63. The van der Waals surface area contributed by atoms with E-state index in [1.807, 2.05) is 0 Å². The molecule has 1 heterocycles. The standard InChI is InChI=1S/C27H23NO7/c1-16(29)28-19-11-8-17(9-12-19)21(30)15-34-27-25(31)20-6-4-5-7-22(20)35-26(27)18-10-13-23(32-2)24(14-18)33-3/h4-14H,15H2,1-3H3,(H,28,29). The van der Waals surface area contributed by atoms with Crippen LogP contribution in [0.25, 0.3) is 22.3 Å². The van der Waals surface area contributed by atoms with Crippen molar-refractivity contribution < 1.29 is 28.2 Å². The lowest BCUT2D eigenvalue weighted by molar-refractivity contribution is -0.114. The molecule has 0 spiro atoms. The molecule has 8 nitrogen and oxygen atoms in total. The third-order valence-electron chi connectivity index (χ3n) is 5.28. The molecule has 178 valence electrons. The number of carbonyl (C=O) groups excluding carboxylic acids is 2. The average Bonchev–Trinajstić information content (AvgIpc) is 2.87. The maximum atomic E-state index is 13.3. The van der Waals surface area contributed by atoms with E-state index < -0.39 is 5.43 Å². The zero-order chi connectivity index (χ0) is 24.9. The second-order valence-electron chi connectivity index (χ2n) is 7.63. The van der Waals surface area contributed by atoms with Gasteiger partial charge in [-0.25, -0.2) is 0 Å². The van der Waals surface area contributed by atoms with Gasteiger partial charge in [0.25, 0.3) is 0 Å². The Bertz CT molecular complexity index is 1460. The number of nitrogens with one attached hydrogen (secondary N) is 1. The number of ether oxygens (including phenoxy) is 3. The molecule has 0 aliphatic carbocycles. The fourth-order valence-electron chi connectivity index (χ4n) is 3.59. The van der Waals surface area contributed by atoms with Gasteiger partial charge in [-0.05, 0) is 54.6 Å². The Hall–Kier alpha value is -4.59. The van der Waals surface area contributed by atoms with Gasteiger partial charge in [0.15, 0.2) is 29.6 Å². The number of methoxy groups -OCH3 is 2. The molecule has 1 amide bonds. The Labute approximate surface area is 201 Å². The molecule has 8 heteroatoms. The van der Waals surface area contributed by atoms with Crippen LogP contribution in [0.4, 0.5) is 5.69 Å². The highest BCUT2D eigenvalue weighted by Gasteiger charge is 2.20. The van der Waals surface area contributed by atoms with E-state index in [0.29, 0.717) is 39.3 Å². The highest BCUT2D eigenvalue weighted by atomic mass is 16.5. The molecule has 3 aromatic carbocycles. The number of Topliss-reactive ketones (excluding diaryl/α,β-unsaturated/α-hetero) is 1. The van der Waals surface area contributed by atoms with Crippen molar-refractivity contribution in [2.45, 2.75) is 6.92 Å². The van der Waals surface area contributed by atoms with Crippen molar-refractivity contribution >= 4 is 28.3 Å². The van der Waals surface area contributed by atoms with Gasteiger partial charge in [0.2, 0.25) is 17.1 Å². The number of anilines is 1. The van der Waals surface area contributed by atoms with Crippen LogP contribution in [0.1, 0.15) is 17.3 Å². The normalized spacial score (nSPS) is 10.6. The zero-order valence-electron chi connectivity index (χ0n) is 19.4. The number of rotatable bonds is 8. The summed E-state index contributed by atoms with van der Waals surface area (Å²) in [5.41, 5.74) is 1.45. The third-order valence-corrected chi connectivity index (χ3v) is 5.28. The molecule has 0 aliphatic heterocycles. The first kappa shape index (κ1) is 23.6. The van der Waals surface area contributed by atoms with Crippen LogP contribution in [-0.2, 0) is 4.79 Å². The lowest BCUT2D eigenvalue weighted by Gasteiger charge is -2.13. The van der Waals surface area contributed by atoms with E-state index in [0.717, 1.165) is 0 Å². The summed E-state index contributed by atoms with van der Waals surface area (Å²) in [6, 6.07) is 18.3. The molecule has 0 atom stereocenters. The van der Waals surface area contributed by atoms with Crippen molar-refractivity contribution in [3.63, 3.8) is 0 Å². The topological polar surface area (TPSA) is 104 Å². The van der Waals surface area contributed by atoms with Gasteiger partial charge in [-0.2, -0.15) is 0 Å². The van der Waals surface area contributed by atoms with Crippen LogP contribution in [-0.4, -0.2) is 32.5 Å². The minimum Gasteiger partial charge on any atom is -0.493 e. The quantitative estimate of drug-likeness (QED) is 0.370. The first-order chi connectivity index (χ1) is 16.9. The highest BCUT2D eigenvalue weighted by molar-refractivity contribution is 5.98. The first-order valence-corrected chi connectivity index (χ1v) is 10.7. The molecule has 0 bridgehead atoms. The van der Waals surface area contributed by atoms with Crippen molar-refractivity contribution in [1.82, 2.24) is 0 Å². The van der Waals surface area contributed by atoms with Crippen LogP contribution < -0.4 is 25.0 Å². The molecule has 0 saturated heterocycles. The molecular formula is C27H23NO7. The van der Waals surface area contributed by atoms with Crippen molar-refractivity contribution in [3.05, 3.63) is 82.5 Å². The van der Waals surface area contributed by atoms with E-state index in [4.69, 9.17) is 18.6 Å². The molecule has 0 aliphatic rings. The fourth-order valence-corrected chi connectivity index (χ4v) is 3.59. The van der Waals surface area contributed by atoms with E-state index in [-0.39, 0.29) is 29.8 Å². The van der Waals surface area contributed by atoms with Gasteiger partial charge in [0, 0.05) is 23.7 Å². The highest BCUT2D eigenvalue weighted by Crippen LogP contribution is 2.36. The van der Waals surface area contributed by atoms with Crippen molar-refractivity contribution in [2.24, 2.45) is 0 Å². The number of carbonyl (C=O) groups is 2. The Morgan fingerprint density at radius 3 is 2.31 bits per heavy atom. The number of fused-ring (bicyclic) bond motifs is 1. The Balaban J connectivity index is 1.70. The summed E-state index contributed by atoms with van der Waals surface area (Å²) < 4.78 is 22.5. The summed E-state index contributed by atoms with van der Waals surface area (Å²) in [4.78, 5) is 37.3. The minimum atomic E-state index is -0.398. The fraction of sp³-hybridized carbons (Fsp3) is 0.148. The van der Waals surface area contributed by atoms with Crippen LogP contribution in [0.2, 0.25) is 0 Å². The van der Waals surface area contributed by atoms with E-state index >= 15 is 0 Å². The molecule has 4 aromatic rings. The lowest BCUT2D eigenvalue weighted by atomic mass is 10.1. The lowest BCUT2D eigenvalue weighted by Crippen LogP contribution is -2.17. The summed E-state index contributed by atoms with van der Waals surface area (Å²) in [5.74, 6) is 0.493.